The van der Waals surface area contributed by atoms with Gasteiger partial charge in [-0.1, -0.05) is 43.3 Å². The van der Waals surface area contributed by atoms with Crippen LogP contribution in [0.4, 0.5) is 8.78 Å². The molecule has 0 spiro atoms. The zero-order valence-electron chi connectivity index (χ0n) is 11.1. The third-order valence-electron chi connectivity index (χ3n) is 3.12. The van der Waals surface area contributed by atoms with Crippen molar-refractivity contribution in [3.05, 3.63) is 59.2 Å². The number of aryl methyl sites for hydroxylation is 1. The highest BCUT2D eigenvalue weighted by molar-refractivity contribution is 5.65. The molecule has 3 heteroatoms. The lowest BCUT2D eigenvalue weighted by molar-refractivity contribution is 0.505. The molecule has 1 nitrogen and oxygen atoms in total. The summed E-state index contributed by atoms with van der Waals surface area (Å²) in [7, 11) is 0. The molecule has 0 unspecified atom stereocenters. The highest BCUT2D eigenvalue weighted by Crippen LogP contribution is 2.26. The van der Waals surface area contributed by atoms with Crippen LogP contribution in [-0.4, -0.2) is 6.54 Å². The molecule has 0 aromatic heterocycles. The quantitative estimate of drug-likeness (QED) is 0.875. The number of nitrogens with one attached hydrogen (secondary N) is 1. The summed E-state index contributed by atoms with van der Waals surface area (Å²) in [6.45, 7) is 5.28. The van der Waals surface area contributed by atoms with E-state index in [2.05, 4.69) is 5.32 Å². The number of benzene rings is 2. The van der Waals surface area contributed by atoms with Crippen molar-refractivity contribution in [3.63, 3.8) is 0 Å². The molecular formula is C16H17F2N. The summed E-state index contributed by atoms with van der Waals surface area (Å²) >= 11 is 0. The summed E-state index contributed by atoms with van der Waals surface area (Å²) in [5.41, 5.74) is 2.44. The van der Waals surface area contributed by atoms with Crippen LogP contribution in [0.2, 0.25) is 0 Å². The molecule has 0 amide bonds. The van der Waals surface area contributed by atoms with Gasteiger partial charge in [-0.3, -0.25) is 0 Å². The first-order valence-corrected chi connectivity index (χ1v) is 6.38. The number of halogens is 2. The molecule has 0 aliphatic carbocycles. The maximum atomic E-state index is 13.9. The fourth-order valence-corrected chi connectivity index (χ4v) is 1.94. The first-order chi connectivity index (χ1) is 9.13. The van der Waals surface area contributed by atoms with Crippen molar-refractivity contribution in [2.75, 3.05) is 6.54 Å². The first kappa shape index (κ1) is 13.7. The van der Waals surface area contributed by atoms with Crippen LogP contribution in [0.3, 0.4) is 0 Å². The van der Waals surface area contributed by atoms with Gasteiger partial charge in [0.2, 0.25) is 0 Å². The van der Waals surface area contributed by atoms with Gasteiger partial charge in [-0.25, -0.2) is 8.78 Å². The monoisotopic (exact) mass is 261 g/mol. The smallest absolute Gasteiger partial charge is 0.166 e. The van der Waals surface area contributed by atoms with Gasteiger partial charge in [0.05, 0.1) is 0 Å². The second-order valence-corrected chi connectivity index (χ2v) is 4.54. The Morgan fingerprint density at radius 1 is 0.947 bits per heavy atom. The molecule has 2 rings (SSSR count). The lowest BCUT2D eigenvalue weighted by atomic mass is 10.0. The normalized spacial score (nSPS) is 10.7. The first-order valence-electron chi connectivity index (χ1n) is 6.38. The minimum Gasteiger partial charge on any atom is -0.313 e. The lowest BCUT2D eigenvalue weighted by Gasteiger charge is -2.08. The van der Waals surface area contributed by atoms with Gasteiger partial charge in [0, 0.05) is 12.1 Å². The summed E-state index contributed by atoms with van der Waals surface area (Å²) in [5.74, 6) is -1.55. The second kappa shape index (κ2) is 5.93. The molecule has 0 bridgehead atoms. The van der Waals surface area contributed by atoms with Gasteiger partial charge in [-0.15, -0.1) is 0 Å². The summed E-state index contributed by atoms with van der Waals surface area (Å²) in [6.07, 6.45) is 0. The van der Waals surface area contributed by atoms with E-state index in [9.17, 15) is 8.78 Å². The maximum absolute atomic E-state index is 13.9. The minimum absolute atomic E-state index is 0.304. The van der Waals surface area contributed by atoms with E-state index >= 15 is 0 Å². The summed E-state index contributed by atoms with van der Waals surface area (Å²) < 4.78 is 27.4. The predicted octanol–water partition coefficient (Wildman–Crippen LogP) is 4.05. The Morgan fingerprint density at radius 3 is 2.26 bits per heavy atom. The van der Waals surface area contributed by atoms with E-state index in [4.69, 9.17) is 0 Å². The van der Waals surface area contributed by atoms with Crippen LogP contribution in [0, 0.1) is 18.6 Å². The maximum Gasteiger partial charge on any atom is 0.166 e. The third kappa shape index (κ3) is 2.99. The van der Waals surface area contributed by atoms with Crippen molar-refractivity contribution < 1.29 is 8.78 Å². The highest BCUT2D eigenvalue weighted by Gasteiger charge is 2.12. The SMILES string of the molecule is CCNCc1ccc(-c2ccc(C)c(F)c2F)cc1. The van der Waals surface area contributed by atoms with Gasteiger partial charge in [0.25, 0.3) is 0 Å². The molecule has 1 N–H and O–H groups in total. The standard InChI is InChI=1S/C16H17F2N/c1-3-19-10-12-5-7-13(8-6-12)14-9-4-11(2)15(17)16(14)18/h4-9,19H,3,10H2,1-2H3. The molecule has 0 aliphatic rings. The molecule has 0 radical (unpaired) electrons. The van der Waals surface area contributed by atoms with Crippen LogP contribution in [0.1, 0.15) is 18.1 Å². The minimum atomic E-state index is -0.778. The molecule has 2 aromatic rings. The zero-order valence-corrected chi connectivity index (χ0v) is 11.1. The topological polar surface area (TPSA) is 12.0 Å². The fourth-order valence-electron chi connectivity index (χ4n) is 1.94. The van der Waals surface area contributed by atoms with Gasteiger partial charge in [-0.05, 0) is 30.2 Å². The lowest BCUT2D eigenvalue weighted by Crippen LogP contribution is -2.11. The van der Waals surface area contributed by atoms with Crippen LogP contribution < -0.4 is 5.32 Å². The number of hydrogen-bond acceptors (Lipinski definition) is 1. The van der Waals surface area contributed by atoms with Crippen molar-refractivity contribution in [1.29, 1.82) is 0 Å². The van der Waals surface area contributed by atoms with E-state index in [0.717, 1.165) is 18.7 Å². The van der Waals surface area contributed by atoms with Gasteiger partial charge in [0.1, 0.15) is 0 Å². The van der Waals surface area contributed by atoms with Crippen LogP contribution in [0.25, 0.3) is 11.1 Å². The van der Waals surface area contributed by atoms with Gasteiger partial charge < -0.3 is 5.32 Å². The summed E-state index contributed by atoms with van der Waals surface area (Å²) in [6, 6.07) is 10.7. The van der Waals surface area contributed by atoms with Gasteiger partial charge >= 0.3 is 0 Å². The van der Waals surface area contributed by atoms with E-state index in [1.165, 1.54) is 0 Å². The largest absolute Gasteiger partial charge is 0.313 e. The molecule has 0 saturated heterocycles. The average molecular weight is 261 g/mol. The molecule has 100 valence electrons. The summed E-state index contributed by atoms with van der Waals surface area (Å²) in [4.78, 5) is 0. The second-order valence-electron chi connectivity index (χ2n) is 4.54. The molecule has 2 aromatic carbocycles. The molecule has 0 fully saturated rings. The van der Waals surface area contributed by atoms with Crippen molar-refractivity contribution in [1.82, 2.24) is 5.32 Å². The van der Waals surface area contributed by atoms with Crippen LogP contribution >= 0.6 is 0 Å². The third-order valence-corrected chi connectivity index (χ3v) is 3.12. The van der Waals surface area contributed by atoms with Crippen LogP contribution in [0.15, 0.2) is 36.4 Å². The molecule has 19 heavy (non-hydrogen) atoms. The Kier molecular flexibility index (Phi) is 4.27. The van der Waals surface area contributed by atoms with Crippen LogP contribution in [-0.2, 0) is 6.54 Å². The van der Waals surface area contributed by atoms with E-state index in [1.54, 1.807) is 19.1 Å². The molecule has 0 atom stereocenters. The number of hydrogen-bond donors (Lipinski definition) is 1. The Balaban J connectivity index is 2.30. The molecular weight excluding hydrogens is 244 g/mol. The Bertz CT molecular complexity index is 562. The summed E-state index contributed by atoms with van der Waals surface area (Å²) in [5, 5.41) is 3.22. The Hall–Kier alpha value is -1.74. The predicted molar refractivity (Wildman–Crippen MR) is 73.9 cm³/mol. The van der Waals surface area contributed by atoms with E-state index in [-0.39, 0.29) is 0 Å². The van der Waals surface area contributed by atoms with E-state index < -0.39 is 11.6 Å². The Morgan fingerprint density at radius 2 is 1.63 bits per heavy atom. The van der Waals surface area contributed by atoms with Gasteiger partial charge in [0.15, 0.2) is 11.6 Å². The van der Waals surface area contributed by atoms with Gasteiger partial charge in [-0.2, -0.15) is 0 Å². The van der Waals surface area contributed by atoms with Crippen molar-refractivity contribution in [2.24, 2.45) is 0 Å². The van der Waals surface area contributed by atoms with E-state index in [1.807, 2.05) is 31.2 Å². The van der Waals surface area contributed by atoms with Crippen molar-refractivity contribution in [3.8, 4) is 11.1 Å². The Labute approximate surface area is 112 Å². The molecule has 0 saturated carbocycles. The zero-order chi connectivity index (χ0) is 13.8. The van der Waals surface area contributed by atoms with Crippen molar-refractivity contribution >= 4 is 0 Å². The van der Waals surface area contributed by atoms with Crippen LogP contribution in [0.5, 0.6) is 0 Å². The van der Waals surface area contributed by atoms with Crippen molar-refractivity contribution in [2.45, 2.75) is 20.4 Å². The fraction of sp³-hybridized carbons (Fsp3) is 0.250. The molecule has 0 heterocycles. The highest BCUT2D eigenvalue weighted by atomic mass is 19.2. The average Bonchev–Trinajstić information content (AvgIpc) is 2.44. The number of rotatable bonds is 4. The molecule has 0 aliphatic heterocycles. The van der Waals surface area contributed by atoms with E-state index in [0.29, 0.717) is 16.7 Å².